The summed E-state index contributed by atoms with van der Waals surface area (Å²) in [5, 5.41) is 6.65. The summed E-state index contributed by atoms with van der Waals surface area (Å²) >= 11 is 7.52. The van der Waals surface area contributed by atoms with E-state index in [2.05, 4.69) is 15.3 Å². The van der Waals surface area contributed by atoms with Crippen LogP contribution < -0.4 is 14.9 Å². The molecule has 1 saturated heterocycles. The van der Waals surface area contributed by atoms with Crippen molar-refractivity contribution >= 4 is 49.4 Å². The van der Waals surface area contributed by atoms with Gasteiger partial charge in [-0.3, -0.25) is 14.4 Å². The van der Waals surface area contributed by atoms with Crippen LogP contribution in [-0.2, 0) is 18.8 Å². The summed E-state index contributed by atoms with van der Waals surface area (Å²) in [6, 6.07) is 2.16. The number of benzene rings is 2. The molecule has 0 radical (unpaired) electrons. The van der Waals surface area contributed by atoms with Gasteiger partial charge in [0.2, 0.25) is 34.8 Å². The fourth-order valence-corrected chi connectivity index (χ4v) is 7.08. The third-order valence-electron chi connectivity index (χ3n) is 7.32. The number of nitrogens with zero attached hydrogens (tertiary/aromatic N) is 3. The van der Waals surface area contributed by atoms with Crippen molar-refractivity contribution in [3.8, 4) is 5.75 Å². The second-order valence-corrected chi connectivity index (χ2v) is 13.9. The maximum Gasteiger partial charge on any atom is 0.414 e. The number of likely N-dealkylation sites (tertiary alicyclic amines) is 1. The van der Waals surface area contributed by atoms with Crippen molar-refractivity contribution in [2.75, 3.05) is 26.2 Å². The lowest BCUT2D eigenvalue weighted by molar-refractivity contribution is -0.139. The van der Waals surface area contributed by atoms with Gasteiger partial charge in [0.25, 0.3) is 5.92 Å². The zero-order valence-electron chi connectivity index (χ0n) is 27.5. The second-order valence-electron chi connectivity index (χ2n) is 11.5. The average Bonchev–Trinajstić information content (AvgIpc) is 3.71. The van der Waals surface area contributed by atoms with E-state index in [9.17, 15) is 35.9 Å². The Labute approximate surface area is 305 Å². The van der Waals surface area contributed by atoms with Crippen LogP contribution in [-0.4, -0.2) is 72.2 Å². The van der Waals surface area contributed by atoms with Crippen LogP contribution in [0.2, 0.25) is 5.02 Å². The summed E-state index contributed by atoms with van der Waals surface area (Å²) in [6.45, 7) is 1.98. The Morgan fingerprint density at radius 2 is 1.79 bits per heavy atom. The number of nitrogens with one attached hydrogen (secondary N) is 2. The average molecular weight is 816 g/mol. The van der Waals surface area contributed by atoms with E-state index in [4.69, 9.17) is 30.1 Å². The molecule has 11 nitrogen and oxygen atoms in total. The van der Waals surface area contributed by atoms with Crippen molar-refractivity contribution < 1.29 is 63.2 Å². The molecule has 22 heteroatoms. The number of hydrogen-bond acceptors (Lipinski definition) is 11. The zero-order chi connectivity index (χ0) is 38.8. The Hall–Kier alpha value is -4.10. The lowest BCUT2D eigenvalue weighted by Gasteiger charge is -2.29. The van der Waals surface area contributed by atoms with Gasteiger partial charge < -0.3 is 19.3 Å². The minimum atomic E-state index is -3.81. The standard InChI is InChI=1S/C31H27ClF8N5O6PS/c1-4-48-29(46)19-17(42-27(28-41-7-8-53-28)43-25(19)15-6-5-14(33)9-16(15)32)10-45-11-18(31(39,40)12-45)50-52(44-30(47)49-13(2)3)51-26-23(37)21(35)20(34)22(36)24(26)38/h5-9,13,18,25H,4,10-12H2,1-3H3,(H,42,43)(H,44,47)/t18?,25-,52?/m0/s1. The second kappa shape index (κ2) is 16.5. The highest BCUT2D eigenvalue weighted by atomic mass is 35.5. The van der Waals surface area contributed by atoms with Crippen LogP contribution in [0.25, 0.3) is 0 Å². The third-order valence-corrected chi connectivity index (χ3v) is 9.58. The number of aromatic nitrogens is 1. The van der Waals surface area contributed by atoms with Crippen LogP contribution in [0.1, 0.15) is 37.4 Å². The molecule has 0 saturated carbocycles. The molecule has 286 valence electrons. The SMILES string of the molecule is CCOC(=O)C1=C(CN2CC(OP(NC(=O)OC(C)C)Oc3c(F)c(F)c(F)c(F)c3F)C(F)(F)C2)NC(c2nccs2)=N[C@H]1c1ccc(F)cc1Cl. The lowest BCUT2D eigenvalue weighted by atomic mass is 9.95. The normalized spacial score (nSPS) is 19.2. The molecule has 1 aromatic heterocycles. The van der Waals surface area contributed by atoms with Gasteiger partial charge in [0.15, 0.2) is 10.8 Å². The topological polar surface area (TPSA) is 124 Å². The predicted octanol–water partition coefficient (Wildman–Crippen LogP) is 7.32. The van der Waals surface area contributed by atoms with Gasteiger partial charge in [-0.1, -0.05) is 17.7 Å². The number of amides is 1. The van der Waals surface area contributed by atoms with Crippen LogP contribution >= 0.6 is 31.5 Å². The summed E-state index contributed by atoms with van der Waals surface area (Å²) < 4.78 is 136. The summed E-state index contributed by atoms with van der Waals surface area (Å²) in [7, 11) is -3.42. The fraction of sp³-hybridized carbons (Fsp3) is 0.355. The third kappa shape index (κ3) is 9.00. The molecule has 0 spiro atoms. The maximum atomic E-state index is 15.6. The van der Waals surface area contributed by atoms with E-state index in [1.54, 1.807) is 5.38 Å². The first kappa shape index (κ1) is 40.1. The molecular formula is C31H27ClF8N5O6PS. The van der Waals surface area contributed by atoms with Gasteiger partial charge in [0, 0.05) is 40.9 Å². The van der Waals surface area contributed by atoms with Crippen molar-refractivity contribution in [3.63, 3.8) is 0 Å². The van der Waals surface area contributed by atoms with Gasteiger partial charge in [0.05, 0.1) is 24.8 Å². The molecule has 2 aliphatic heterocycles. The molecule has 5 rings (SSSR count). The van der Waals surface area contributed by atoms with E-state index in [1.807, 2.05) is 5.09 Å². The molecule has 2 aliphatic rings. The number of esters is 1. The van der Waals surface area contributed by atoms with Crippen molar-refractivity contribution in [2.45, 2.75) is 44.9 Å². The molecular weight excluding hydrogens is 789 g/mol. The van der Waals surface area contributed by atoms with Crippen LogP contribution in [0.15, 0.2) is 46.0 Å². The monoisotopic (exact) mass is 815 g/mol. The largest absolute Gasteiger partial charge is 0.463 e. The van der Waals surface area contributed by atoms with Gasteiger partial charge in [-0.15, -0.1) is 11.3 Å². The maximum absolute atomic E-state index is 15.6. The minimum absolute atomic E-state index is 0.00375. The number of hydrogen-bond donors (Lipinski definition) is 2. The summed E-state index contributed by atoms with van der Waals surface area (Å²) in [6.07, 6.45) is -2.96. The molecule has 0 bridgehead atoms. The molecule has 2 unspecified atom stereocenters. The van der Waals surface area contributed by atoms with Crippen molar-refractivity contribution in [2.24, 2.45) is 4.99 Å². The molecule has 3 heterocycles. The Kier molecular flexibility index (Phi) is 12.5. The predicted molar refractivity (Wildman–Crippen MR) is 174 cm³/mol. The van der Waals surface area contributed by atoms with E-state index in [-0.39, 0.29) is 34.3 Å². The van der Waals surface area contributed by atoms with Gasteiger partial charge in [-0.25, -0.2) is 46.0 Å². The Morgan fingerprint density at radius 3 is 2.40 bits per heavy atom. The molecule has 0 aliphatic carbocycles. The highest BCUT2D eigenvalue weighted by molar-refractivity contribution is 7.46. The van der Waals surface area contributed by atoms with E-state index in [0.717, 1.165) is 28.4 Å². The number of aliphatic imine (C=N–C) groups is 1. The molecule has 1 fully saturated rings. The van der Waals surface area contributed by atoms with Gasteiger partial charge in [0.1, 0.15) is 18.0 Å². The first-order valence-electron chi connectivity index (χ1n) is 15.3. The Balaban J connectivity index is 1.48. The van der Waals surface area contributed by atoms with Gasteiger partial charge >= 0.3 is 20.6 Å². The number of ether oxygens (including phenoxy) is 2. The van der Waals surface area contributed by atoms with Crippen molar-refractivity contribution in [3.05, 3.63) is 91.5 Å². The molecule has 1 amide bonds. The quantitative estimate of drug-likeness (QED) is 0.0637. The van der Waals surface area contributed by atoms with Crippen LogP contribution in [0, 0.1) is 34.9 Å². The molecule has 3 atom stereocenters. The first-order valence-corrected chi connectivity index (χ1v) is 17.8. The summed E-state index contributed by atoms with van der Waals surface area (Å²) in [5.74, 6) is -19.4. The molecule has 2 aromatic carbocycles. The summed E-state index contributed by atoms with van der Waals surface area (Å²) in [5.41, 5.74) is 0.0137. The minimum Gasteiger partial charge on any atom is -0.463 e. The number of amidine groups is 1. The number of rotatable bonds is 12. The molecule has 53 heavy (non-hydrogen) atoms. The van der Waals surface area contributed by atoms with Crippen LogP contribution in [0.5, 0.6) is 5.75 Å². The van der Waals surface area contributed by atoms with E-state index < -0.39 is 105 Å². The summed E-state index contributed by atoms with van der Waals surface area (Å²) in [4.78, 5) is 35.7. The number of carbonyl (C=O) groups excluding carboxylic acids is 2. The van der Waals surface area contributed by atoms with E-state index in [0.29, 0.717) is 5.01 Å². The first-order chi connectivity index (χ1) is 25.0. The zero-order valence-corrected chi connectivity index (χ0v) is 30.0. The van der Waals surface area contributed by atoms with Crippen molar-refractivity contribution in [1.82, 2.24) is 20.3 Å². The fourth-order valence-electron chi connectivity index (χ4n) is 5.10. The highest BCUT2D eigenvalue weighted by Gasteiger charge is 2.52. The van der Waals surface area contributed by atoms with Crippen LogP contribution in [0.3, 0.4) is 0 Å². The van der Waals surface area contributed by atoms with Crippen molar-refractivity contribution in [1.29, 1.82) is 0 Å². The van der Waals surface area contributed by atoms with E-state index in [1.165, 1.54) is 33.0 Å². The van der Waals surface area contributed by atoms with Crippen LogP contribution in [0.4, 0.5) is 39.9 Å². The van der Waals surface area contributed by atoms with Gasteiger partial charge in [-0.2, -0.15) is 8.78 Å². The Bertz CT molecular complexity index is 1910. The molecule has 3 aromatic rings. The lowest BCUT2D eigenvalue weighted by Crippen LogP contribution is -2.39. The van der Waals surface area contributed by atoms with Gasteiger partial charge in [-0.05, 0) is 32.9 Å². The number of carbonyl (C=O) groups is 2. The number of thiazole rings is 1. The number of halogens is 9. The number of alkyl halides is 2. The Morgan fingerprint density at radius 1 is 1.11 bits per heavy atom. The highest BCUT2D eigenvalue weighted by Crippen LogP contribution is 2.45. The van der Waals surface area contributed by atoms with E-state index >= 15 is 8.78 Å². The smallest absolute Gasteiger partial charge is 0.414 e. The molecule has 2 N–H and O–H groups in total.